The average Bonchev–Trinajstić information content (AvgIpc) is 2.29. The second-order valence-electron chi connectivity index (χ2n) is 4.33. The Bertz CT molecular complexity index is 268. The fraction of sp³-hybridized carbons (Fsp3) is 0.833. The van der Waals surface area contributed by atoms with Gasteiger partial charge in [0, 0.05) is 25.6 Å². The molecular formula is C12H22N2O3. The van der Waals surface area contributed by atoms with Gasteiger partial charge in [0.15, 0.2) is 0 Å². The monoisotopic (exact) mass is 242 g/mol. The molecule has 1 rings (SSSR count). The minimum Gasteiger partial charge on any atom is -0.450 e. The molecule has 1 atom stereocenters. The first-order valence-corrected chi connectivity index (χ1v) is 6.35. The number of ether oxygens (including phenoxy) is 1. The molecule has 0 bridgehead atoms. The molecule has 1 N–H and O–H groups in total. The first-order chi connectivity index (χ1) is 8.15. The topological polar surface area (TPSA) is 58.6 Å². The van der Waals surface area contributed by atoms with Crippen molar-refractivity contribution in [3.63, 3.8) is 0 Å². The molecule has 1 unspecified atom stereocenters. The molecular weight excluding hydrogens is 220 g/mol. The minimum absolute atomic E-state index is 0.119. The van der Waals surface area contributed by atoms with E-state index >= 15 is 0 Å². The molecule has 1 fully saturated rings. The van der Waals surface area contributed by atoms with E-state index in [2.05, 4.69) is 12.2 Å². The minimum atomic E-state index is -0.452. The number of hydrogen-bond donors (Lipinski definition) is 1. The number of nitrogens with one attached hydrogen (secondary N) is 1. The number of hydrogen-bond acceptors (Lipinski definition) is 3. The van der Waals surface area contributed by atoms with E-state index in [4.69, 9.17) is 4.74 Å². The number of carbonyl (C=O) groups excluding carboxylic acids is 2. The number of alkyl carbamates (subject to hydrolysis) is 1. The van der Waals surface area contributed by atoms with E-state index in [1.54, 1.807) is 6.92 Å². The van der Waals surface area contributed by atoms with E-state index < -0.39 is 6.09 Å². The van der Waals surface area contributed by atoms with E-state index in [1.807, 2.05) is 4.90 Å². The van der Waals surface area contributed by atoms with Crippen molar-refractivity contribution in [2.75, 3.05) is 19.7 Å². The van der Waals surface area contributed by atoms with Crippen molar-refractivity contribution in [3.8, 4) is 0 Å². The van der Waals surface area contributed by atoms with Crippen LogP contribution in [0.2, 0.25) is 0 Å². The summed E-state index contributed by atoms with van der Waals surface area (Å²) < 4.78 is 4.72. The Morgan fingerprint density at radius 1 is 1.41 bits per heavy atom. The van der Waals surface area contributed by atoms with Crippen molar-refractivity contribution < 1.29 is 14.3 Å². The van der Waals surface area contributed by atoms with Crippen molar-refractivity contribution in [1.82, 2.24) is 10.2 Å². The molecule has 0 spiro atoms. The van der Waals surface area contributed by atoms with Gasteiger partial charge in [0.05, 0.1) is 6.61 Å². The Hall–Kier alpha value is -1.26. The van der Waals surface area contributed by atoms with E-state index in [0.29, 0.717) is 25.6 Å². The Labute approximate surface area is 102 Å². The lowest BCUT2D eigenvalue weighted by Gasteiger charge is -2.33. The van der Waals surface area contributed by atoms with Gasteiger partial charge in [-0.3, -0.25) is 4.79 Å². The lowest BCUT2D eigenvalue weighted by atomic mass is 10.0. The van der Waals surface area contributed by atoms with Gasteiger partial charge in [0.25, 0.3) is 0 Å². The van der Waals surface area contributed by atoms with Crippen molar-refractivity contribution >= 4 is 12.0 Å². The number of carbonyl (C=O) groups is 2. The van der Waals surface area contributed by atoms with E-state index in [1.165, 1.54) is 6.42 Å². The molecule has 0 aromatic rings. The van der Waals surface area contributed by atoms with E-state index in [-0.39, 0.29) is 5.91 Å². The summed E-state index contributed by atoms with van der Waals surface area (Å²) in [6.45, 7) is 5.37. The van der Waals surface area contributed by atoms with Crippen LogP contribution in [-0.2, 0) is 9.53 Å². The summed E-state index contributed by atoms with van der Waals surface area (Å²) in [5.74, 6) is 0.119. The smallest absolute Gasteiger partial charge is 0.407 e. The molecule has 17 heavy (non-hydrogen) atoms. The molecule has 0 saturated carbocycles. The van der Waals surface area contributed by atoms with Crippen LogP contribution in [0.4, 0.5) is 4.79 Å². The summed E-state index contributed by atoms with van der Waals surface area (Å²) in [7, 11) is 0. The highest BCUT2D eigenvalue weighted by Crippen LogP contribution is 2.16. The molecule has 1 aliphatic rings. The highest BCUT2D eigenvalue weighted by molar-refractivity contribution is 5.77. The maximum Gasteiger partial charge on any atom is 0.407 e. The molecule has 1 aliphatic heterocycles. The van der Waals surface area contributed by atoms with Gasteiger partial charge in [-0.2, -0.15) is 0 Å². The number of amides is 2. The van der Waals surface area contributed by atoms with Crippen LogP contribution in [0, 0.1) is 0 Å². The Morgan fingerprint density at radius 3 is 2.82 bits per heavy atom. The summed E-state index contributed by atoms with van der Waals surface area (Å²) in [6.07, 6.45) is 3.26. The summed E-state index contributed by atoms with van der Waals surface area (Å²) >= 11 is 0. The molecule has 0 aromatic carbocycles. The highest BCUT2D eigenvalue weighted by Gasteiger charge is 2.22. The van der Waals surface area contributed by atoms with Crippen molar-refractivity contribution in [2.45, 2.75) is 45.6 Å². The van der Waals surface area contributed by atoms with Gasteiger partial charge < -0.3 is 15.0 Å². The standard InChI is InChI=1S/C12H22N2O3/c1-3-17-12(16)13-8-7-11(15)14-9-5-4-6-10(14)2/h10H,3-9H2,1-2H3,(H,13,16). The quantitative estimate of drug-likeness (QED) is 0.813. The molecule has 2 amide bonds. The third-order valence-electron chi connectivity index (χ3n) is 3.01. The number of rotatable bonds is 4. The first-order valence-electron chi connectivity index (χ1n) is 6.35. The zero-order chi connectivity index (χ0) is 12.7. The largest absolute Gasteiger partial charge is 0.450 e. The van der Waals surface area contributed by atoms with Crippen LogP contribution < -0.4 is 5.32 Å². The third kappa shape index (κ3) is 4.63. The summed E-state index contributed by atoms with van der Waals surface area (Å²) in [5.41, 5.74) is 0. The number of likely N-dealkylation sites (tertiary alicyclic amines) is 1. The molecule has 98 valence electrons. The summed E-state index contributed by atoms with van der Waals surface area (Å²) in [4.78, 5) is 24.8. The third-order valence-corrected chi connectivity index (χ3v) is 3.01. The lowest BCUT2D eigenvalue weighted by Crippen LogP contribution is -2.43. The van der Waals surface area contributed by atoms with Gasteiger partial charge in [-0.25, -0.2) is 4.79 Å². The zero-order valence-corrected chi connectivity index (χ0v) is 10.7. The fourth-order valence-corrected chi connectivity index (χ4v) is 2.07. The molecule has 0 aromatic heterocycles. The number of nitrogens with zero attached hydrogens (tertiary/aromatic N) is 1. The van der Waals surface area contributed by atoms with Gasteiger partial charge in [-0.1, -0.05) is 0 Å². The van der Waals surface area contributed by atoms with Gasteiger partial charge in [0.2, 0.25) is 5.91 Å². The molecule has 5 heteroatoms. The maximum absolute atomic E-state index is 11.9. The van der Waals surface area contributed by atoms with Crippen molar-refractivity contribution in [1.29, 1.82) is 0 Å². The van der Waals surface area contributed by atoms with Crippen LogP contribution in [0.25, 0.3) is 0 Å². The molecule has 1 heterocycles. The second-order valence-corrected chi connectivity index (χ2v) is 4.33. The maximum atomic E-state index is 11.9. The normalized spacial score (nSPS) is 19.9. The zero-order valence-electron chi connectivity index (χ0n) is 10.7. The van der Waals surface area contributed by atoms with Crippen LogP contribution in [0.3, 0.4) is 0 Å². The predicted octanol–water partition coefficient (Wildman–Crippen LogP) is 1.52. The Morgan fingerprint density at radius 2 is 2.18 bits per heavy atom. The van der Waals surface area contributed by atoms with Crippen LogP contribution in [-0.4, -0.2) is 42.6 Å². The van der Waals surface area contributed by atoms with E-state index in [9.17, 15) is 9.59 Å². The molecule has 0 radical (unpaired) electrons. The van der Waals surface area contributed by atoms with Gasteiger partial charge >= 0.3 is 6.09 Å². The molecule has 0 aliphatic carbocycles. The second kappa shape index (κ2) is 7.14. The van der Waals surface area contributed by atoms with Gasteiger partial charge in [0.1, 0.15) is 0 Å². The highest BCUT2D eigenvalue weighted by atomic mass is 16.5. The summed E-state index contributed by atoms with van der Waals surface area (Å²) in [5, 5.41) is 2.56. The van der Waals surface area contributed by atoms with Crippen LogP contribution in [0.5, 0.6) is 0 Å². The predicted molar refractivity (Wildman–Crippen MR) is 64.7 cm³/mol. The molecule has 5 nitrogen and oxygen atoms in total. The van der Waals surface area contributed by atoms with Crippen molar-refractivity contribution in [3.05, 3.63) is 0 Å². The average molecular weight is 242 g/mol. The Balaban J connectivity index is 2.22. The molecule has 1 saturated heterocycles. The van der Waals surface area contributed by atoms with Gasteiger partial charge in [-0.15, -0.1) is 0 Å². The Kier molecular flexibility index (Phi) is 5.80. The van der Waals surface area contributed by atoms with Crippen LogP contribution in [0.1, 0.15) is 39.5 Å². The van der Waals surface area contributed by atoms with Gasteiger partial charge in [-0.05, 0) is 33.1 Å². The van der Waals surface area contributed by atoms with Crippen LogP contribution in [0.15, 0.2) is 0 Å². The van der Waals surface area contributed by atoms with Crippen LogP contribution >= 0.6 is 0 Å². The summed E-state index contributed by atoms with van der Waals surface area (Å²) in [6, 6.07) is 0.332. The fourth-order valence-electron chi connectivity index (χ4n) is 2.07. The van der Waals surface area contributed by atoms with E-state index in [0.717, 1.165) is 19.4 Å². The van der Waals surface area contributed by atoms with Crippen molar-refractivity contribution in [2.24, 2.45) is 0 Å². The lowest BCUT2D eigenvalue weighted by molar-refractivity contribution is -0.134. The number of piperidine rings is 1. The SMILES string of the molecule is CCOC(=O)NCCC(=O)N1CCCCC1C. The first kappa shape index (κ1) is 13.8.